The number of rotatable bonds is 4. The van der Waals surface area contributed by atoms with Gasteiger partial charge in [0.05, 0.1) is 0 Å². The Kier molecular flexibility index (Phi) is 4.74. The summed E-state index contributed by atoms with van der Waals surface area (Å²) in [4.78, 5) is 26.8. The molecular formula is C17H28N2O2. The van der Waals surface area contributed by atoms with Crippen molar-refractivity contribution in [3.8, 4) is 0 Å². The summed E-state index contributed by atoms with van der Waals surface area (Å²) >= 11 is 0. The van der Waals surface area contributed by atoms with Crippen molar-refractivity contribution < 1.29 is 9.59 Å². The molecular weight excluding hydrogens is 264 g/mol. The van der Waals surface area contributed by atoms with Gasteiger partial charge in [0.15, 0.2) is 0 Å². The fraction of sp³-hybridized carbons (Fsp3) is 0.765. The van der Waals surface area contributed by atoms with E-state index >= 15 is 0 Å². The van der Waals surface area contributed by atoms with Gasteiger partial charge in [0.2, 0.25) is 11.8 Å². The number of amides is 2. The number of nitrogens with one attached hydrogen (secondary N) is 1. The first-order valence-electron chi connectivity index (χ1n) is 8.14. The first-order valence-corrected chi connectivity index (χ1v) is 8.14. The Labute approximate surface area is 128 Å². The Hall–Kier alpha value is -1.32. The van der Waals surface area contributed by atoms with Crippen LogP contribution < -0.4 is 5.32 Å². The van der Waals surface area contributed by atoms with Crippen molar-refractivity contribution in [3.63, 3.8) is 0 Å². The summed E-state index contributed by atoms with van der Waals surface area (Å²) in [5, 5.41) is 2.86. The molecule has 0 spiro atoms. The summed E-state index contributed by atoms with van der Waals surface area (Å²) in [7, 11) is 0. The second-order valence-corrected chi connectivity index (χ2v) is 7.16. The molecule has 4 nitrogen and oxygen atoms in total. The van der Waals surface area contributed by atoms with Crippen LogP contribution in [-0.4, -0.2) is 34.8 Å². The minimum absolute atomic E-state index is 0.0211. The summed E-state index contributed by atoms with van der Waals surface area (Å²) in [6, 6.07) is -0.338. The second-order valence-electron chi connectivity index (χ2n) is 7.16. The van der Waals surface area contributed by atoms with Crippen molar-refractivity contribution >= 4 is 11.8 Å². The molecule has 1 aliphatic heterocycles. The fourth-order valence-electron chi connectivity index (χ4n) is 3.36. The number of carbonyl (C=O) groups is 2. The summed E-state index contributed by atoms with van der Waals surface area (Å²) in [5.41, 5.74) is 0.656. The standard InChI is InChI=1S/C17H28N2O2/c1-12(2)14-15(20)18-17(3,4)16(21)19(14)11-10-13-8-6-5-7-9-13/h8,12,14H,5-7,9-11H2,1-4H3,(H,18,20). The molecule has 4 heteroatoms. The van der Waals surface area contributed by atoms with Gasteiger partial charge in [0, 0.05) is 6.54 Å². The lowest BCUT2D eigenvalue weighted by Gasteiger charge is -2.44. The van der Waals surface area contributed by atoms with Crippen molar-refractivity contribution in [1.82, 2.24) is 10.2 Å². The topological polar surface area (TPSA) is 49.4 Å². The highest BCUT2D eigenvalue weighted by Gasteiger charge is 2.45. The first-order chi connectivity index (χ1) is 9.83. The highest BCUT2D eigenvalue weighted by atomic mass is 16.2. The van der Waals surface area contributed by atoms with Gasteiger partial charge in [-0.3, -0.25) is 9.59 Å². The van der Waals surface area contributed by atoms with E-state index in [-0.39, 0.29) is 23.8 Å². The fourth-order valence-corrected chi connectivity index (χ4v) is 3.36. The molecule has 0 saturated carbocycles. The van der Waals surface area contributed by atoms with Crippen LogP contribution in [0, 0.1) is 5.92 Å². The molecule has 1 heterocycles. The van der Waals surface area contributed by atoms with E-state index in [1.807, 2.05) is 13.8 Å². The lowest BCUT2D eigenvalue weighted by atomic mass is 9.90. The number of nitrogens with zero attached hydrogens (tertiary/aromatic N) is 1. The molecule has 0 aromatic heterocycles. The van der Waals surface area contributed by atoms with Gasteiger partial charge in [-0.25, -0.2) is 0 Å². The van der Waals surface area contributed by atoms with Crippen molar-refractivity contribution in [2.75, 3.05) is 6.54 Å². The average Bonchev–Trinajstić information content (AvgIpc) is 2.41. The van der Waals surface area contributed by atoms with E-state index in [2.05, 4.69) is 11.4 Å². The highest BCUT2D eigenvalue weighted by Crippen LogP contribution is 2.25. The second kappa shape index (κ2) is 6.20. The molecule has 1 aliphatic carbocycles. The number of carbonyl (C=O) groups excluding carboxylic acids is 2. The Morgan fingerprint density at radius 1 is 1.33 bits per heavy atom. The lowest BCUT2D eigenvalue weighted by Crippen LogP contribution is -2.69. The van der Waals surface area contributed by atoms with Gasteiger partial charge < -0.3 is 10.2 Å². The minimum atomic E-state index is -0.788. The quantitative estimate of drug-likeness (QED) is 0.810. The van der Waals surface area contributed by atoms with E-state index in [9.17, 15) is 9.59 Å². The van der Waals surface area contributed by atoms with E-state index in [4.69, 9.17) is 0 Å². The van der Waals surface area contributed by atoms with Crippen LogP contribution in [0.1, 0.15) is 59.8 Å². The zero-order valence-electron chi connectivity index (χ0n) is 13.7. The summed E-state index contributed by atoms with van der Waals surface area (Å²) < 4.78 is 0. The van der Waals surface area contributed by atoms with Crippen LogP contribution in [0.2, 0.25) is 0 Å². The molecule has 2 rings (SSSR count). The average molecular weight is 292 g/mol. The Morgan fingerprint density at radius 2 is 2.05 bits per heavy atom. The third kappa shape index (κ3) is 3.47. The molecule has 2 amide bonds. The zero-order valence-corrected chi connectivity index (χ0v) is 13.7. The predicted octanol–water partition coefficient (Wildman–Crippen LogP) is 2.64. The van der Waals surface area contributed by atoms with Gasteiger partial charge in [0.25, 0.3) is 0 Å². The number of piperazine rings is 1. The van der Waals surface area contributed by atoms with Crippen LogP contribution in [0.5, 0.6) is 0 Å². The largest absolute Gasteiger partial charge is 0.340 e. The molecule has 0 aromatic carbocycles. The number of hydrogen-bond acceptors (Lipinski definition) is 2. The van der Waals surface area contributed by atoms with Crippen molar-refractivity contribution in [2.45, 2.75) is 71.4 Å². The van der Waals surface area contributed by atoms with Crippen LogP contribution in [0.25, 0.3) is 0 Å². The molecule has 2 aliphatic rings. The number of hydrogen-bond donors (Lipinski definition) is 1. The summed E-state index contributed by atoms with van der Waals surface area (Å²) in [5.74, 6) is 0.148. The van der Waals surface area contributed by atoms with Gasteiger partial charge in [-0.2, -0.15) is 0 Å². The maximum atomic E-state index is 12.7. The van der Waals surface area contributed by atoms with E-state index in [1.54, 1.807) is 18.7 Å². The van der Waals surface area contributed by atoms with Crippen LogP contribution in [0.15, 0.2) is 11.6 Å². The van der Waals surface area contributed by atoms with E-state index < -0.39 is 5.54 Å². The number of allylic oxidation sites excluding steroid dienone is 1. The molecule has 1 N–H and O–H groups in total. The van der Waals surface area contributed by atoms with Gasteiger partial charge >= 0.3 is 0 Å². The maximum Gasteiger partial charge on any atom is 0.248 e. The maximum absolute atomic E-state index is 12.7. The Balaban J connectivity index is 2.12. The lowest BCUT2D eigenvalue weighted by molar-refractivity contribution is -0.155. The zero-order chi connectivity index (χ0) is 15.6. The van der Waals surface area contributed by atoms with Crippen molar-refractivity contribution in [3.05, 3.63) is 11.6 Å². The van der Waals surface area contributed by atoms with Crippen LogP contribution >= 0.6 is 0 Å². The van der Waals surface area contributed by atoms with E-state index in [1.165, 1.54) is 18.4 Å². The van der Waals surface area contributed by atoms with Crippen LogP contribution in [-0.2, 0) is 9.59 Å². The molecule has 1 saturated heterocycles. The van der Waals surface area contributed by atoms with Gasteiger partial charge in [-0.15, -0.1) is 0 Å². The molecule has 0 bridgehead atoms. The van der Waals surface area contributed by atoms with Gasteiger partial charge in [-0.1, -0.05) is 25.5 Å². The Morgan fingerprint density at radius 3 is 2.62 bits per heavy atom. The van der Waals surface area contributed by atoms with Crippen LogP contribution in [0.4, 0.5) is 0 Å². The molecule has 0 aromatic rings. The van der Waals surface area contributed by atoms with Crippen molar-refractivity contribution in [1.29, 1.82) is 0 Å². The van der Waals surface area contributed by atoms with Crippen LogP contribution in [0.3, 0.4) is 0 Å². The molecule has 1 unspecified atom stereocenters. The smallest absolute Gasteiger partial charge is 0.248 e. The predicted molar refractivity (Wildman–Crippen MR) is 83.7 cm³/mol. The van der Waals surface area contributed by atoms with Gasteiger partial charge in [-0.05, 0) is 51.9 Å². The van der Waals surface area contributed by atoms with Gasteiger partial charge in [0.1, 0.15) is 11.6 Å². The monoisotopic (exact) mass is 292 g/mol. The molecule has 21 heavy (non-hydrogen) atoms. The highest BCUT2D eigenvalue weighted by molar-refractivity contribution is 5.99. The van der Waals surface area contributed by atoms with Crippen molar-refractivity contribution in [2.24, 2.45) is 5.92 Å². The third-order valence-corrected chi connectivity index (χ3v) is 4.53. The molecule has 0 radical (unpaired) electrons. The first kappa shape index (κ1) is 16.1. The Bertz CT molecular complexity index is 452. The molecule has 1 atom stereocenters. The molecule has 118 valence electrons. The normalized spacial score (nSPS) is 25.9. The summed E-state index contributed by atoms with van der Waals surface area (Å²) in [6.45, 7) is 8.24. The van der Waals surface area contributed by atoms with E-state index in [0.717, 1.165) is 19.3 Å². The SMILES string of the molecule is CC(C)C1C(=O)NC(C)(C)C(=O)N1CCC1=CCCCC1. The summed E-state index contributed by atoms with van der Waals surface area (Å²) in [6.07, 6.45) is 8.04. The molecule has 1 fully saturated rings. The van der Waals surface area contributed by atoms with E-state index in [0.29, 0.717) is 6.54 Å². The third-order valence-electron chi connectivity index (χ3n) is 4.53. The minimum Gasteiger partial charge on any atom is -0.340 e.